The second-order valence-electron chi connectivity index (χ2n) is 19.1. The van der Waals surface area contributed by atoms with Crippen molar-refractivity contribution in [1.29, 1.82) is 0 Å². The van der Waals surface area contributed by atoms with Crippen LogP contribution in [0.3, 0.4) is 0 Å². The van der Waals surface area contributed by atoms with Crippen LogP contribution < -0.4 is 63.7 Å². The zero-order valence-electron chi connectivity index (χ0n) is 48.2. The summed E-state index contributed by atoms with van der Waals surface area (Å²) in [7, 11) is -3.51. The standard InChI is InChI=1S/4C18H15P.C5H5.C3H5.2Pd/c4*1-4-10-16(11-5-1)19(17-12-6-2-7-13-17)18-14-8-3-9-15-18;1-2-4-5-3-1;1-3-2;;/h4*1-15H;1-5H;3H,1-2H2;;/q;;;;2*-1;;+2/p+4. The molecule has 0 nitrogen and oxygen atoms in total. The van der Waals surface area contributed by atoms with Crippen LogP contribution in [0.25, 0.3) is 0 Å². The average molecular weight is 1370 g/mol. The van der Waals surface area contributed by atoms with Crippen molar-refractivity contribution in [3.63, 3.8) is 0 Å². The molecule has 13 rings (SSSR count). The van der Waals surface area contributed by atoms with Crippen molar-refractivity contribution in [2.45, 2.75) is 0 Å². The van der Waals surface area contributed by atoms with Gasteiger partial charge in [0.05, 0.1) is 31.7 Å². The van der Waals surface area contributed by atoms with Gasteiger partial charge in [0.2, 0.25) is 0 Å². The summed E-state index contributed by atoms with van der Waals surface area (Å²) in [5, 5.41) is 17.2. The number of allylic oxidation sites excluding steroid dienone is 1. The van der Waals surface area contributed by atoms with E-state index in [1.807, 2.05) is 30.3 Å². The van der Waals surface area contributed by atoms with E-state index in [-0.39, 0.29) is 40.8 Å². The molecule has 430 valence electrons. The molecule has 0 spiro atoms. The Hall–Kier alpha value is -7.36. The maximum atomic E-state index is 3.25. The molecule has 0 aliphatic carbocycles. The van der Waals surface area contributed by atoms with Gasteiger partial charge in [-0.3, -0.25) is 0 Å². The molecule has 13 aromatic rings. The topological polar surface area (TPSA) is 0 Å². The van der Waals surface area contributed by atoms with Crippen LogP contribution in [0, 0.1) is 6.92 Å². The fourth-order valence-corrected chi connectivity index (χ4v) is 19.9. The molecular weight excluding hydrogens is 1300 g/mol. The van der Waals surface area contributed by atoms with Crippen molar-refractivity contribution >= 4 is 95.3 Å². The maximum Gasteiger partial charge on any atom is 2.00 e. The molecule has 6 heteroatoms. The summed E-state index contributed by atoms with van der Waals surface area (Å²) < 4.78 is 0. The van der Waals surface area contributed by atoms with Gasteiger partial charge in [0, 0.05) is 20.4 Å². The molecule has 86 heavy (non-hydrogen) atoms. The molecule has 0 aliphatic heterocycles. The second-order valence-corrected chi connectivity index (χ2v) is 29.1. The molecule has 13 aromatic carbocycles. The summed E-state index contributed by atoms with van der Waals surface area (Å²) in [5.74, 6) is 0. The van der Waals surface area contributed by atoms with E-state index in [4.69, 9.17) is 0 Å². The molecule has 0 bridgehead atoms. The van der Waals surface area contributed by atoms with Gasteiger partial charge in [-0.15, -0.1) is 0 Å². The van der Waals surface area contributed by atoms with Gasteiger partial charge >= 0.3 is 20.4 Å². The Bertz CT molecular complexity index is 2840. The van der Waals surface area contributed by atoms with Gasteiger partial charge in [0.25, 0.3) is 0 Å². The van der Waals surface area contributed by atoms with Crippen LogP contribution >= 0.6 is 31.7 Å². The summed E-state index contributed by atoms with van der Waals surface area (Å²) in [6.45, 7) is 6.50. The first-order valence-electron chi connectivity index (χ1n) is 28.4. The first-order valence-corrected chi connectivity index (χ1v) is 34.4. The summed E-state index contributed by atoms with van der Waals surface area (Å²) in [6, 6.07) is 140. The van der Waals surface area contributed by atoms with Crippen molar-refractivity contribution in [2.75, 3.05) is 0 Å². The van der Waals surface area contributed by atoms with Gasteiger partial charge in [0.15, 0.2) is 0 Å². The number of rotatable bonds is 12. The quantitative estimate of drug-likeness (QED) is 0.0650. The second kappa shape index (κ2) is 40.1. The minimum Gasteiger partial charge on any atom is -0.245 e. The molecule has 0 aromatic heterocycles. The molecule has 0 amide bonds. The predicted octanol–water partition coefficient (Wildman–Crippen LogP) is 15.1. The third-order valence-electron chi connectivity index (χ3n) is 13.3. The smallest absolute Gasteiger partial charge is 0.245 e. The summed E-state index contributed by atoms with van der Waals surface area (Å²) in [6.07, 6.45) is 1.50. The molecule has 0 fully saturated rings. The SMILES string of the molecule is C=C[CH2-].[Pd+2].[Pd].c1cc[cH-]c1.c1ccc([PH+](c2ccccc2)c2ccccc2)cc1.c1ccc([PH+](c2ccccc2)c2ccccc2)cc1.c1ccc([PH+](c2ccccc2)c2ccccc2)cc1.c1ccc([PH+](c2ccccc2)c2ccccc2)cc1. The van der Waals surface area contributed by atoms with Crippen LogP contribution in [0.15, 0.2) is 407 Å². The molecule has 0 atom stereocenters. The third kappa shape index (κ3) is 21.9. The molecule has 0 unspecified atom stereocenters. The van der Waals surface area contributed by atoms with E-state index in [0.29, 0.717) is 0 Å². The van der Waals surface area contributed by atoms with Crippen LogP contribution in [0.2, 0.25) is 0 Å². The molecule has 0 saturated heterocycles. The third-order valence-corrected chi connectivity index (χ3v) is 24.2. The van der Waals surface area contributed by atoms with Crippen molar-refractivity contribution < 1.29 is 40.8 Å². The van der Waals surface area contributed by atoms with Crippen molar-refractivity contribution in [1.82, 2.24) is 0 Å². The Kier molecular flexibility index (Phi) is 31.6. The Morgan fingerprint density at radius 2 is 0.302 bits per heavy atom. The minimum absolute atomic E-state index is 0. The van der Waals surface area contributed by atoms with E-state index in [1.54, 1.807) is 0 Å². The van der Waals surface area contributed by atoms with E-state index in [1.165, 1.54) is 69.7 Å². The van der Waals surface area contributed by atoms with E-state index < -0.39 is 31.7 Å². The fraction of sp³-hybridized carbons (Fsp3) is 0. The molecular formula is C80H74P4Pd2+4. The molecule has 0 saturated carbocycles. The van der Waals surface area contributed by atoms with Crippen LogP contribution in [0.5, 0.6) is 0 Å². The van der Waals surface area contributed by atoms with Gasteiger partial charge in [0.1, 0.15) is 63.7 Å². The number of hydrogen-bond donors (Lipinski definition) is 0. The van der Waals surface area contributed by atoms with Gasteiger partial charge in [-0.1, -0.05) is 218 Å². The summed E-state index contributed by atoms with van der Waals surface area (Å²) in [5.41, 5.74) is 0. The first-order chi connectivity index (χ1) is 41.7. The van der Waals surface area contributed by atoms with Crippen LogP contribution in [-0.2, 0) is 40.8 Å². The summed E-state index contributed by atoms with van der Waals surface area (Å²) >= 11 is 0. The van der Waals surface area contributed by atoms with Gasteiger partial charge in [-0.25, -0.2) is 31.7 Å². The Labute approximate surface area is 545 Å². The van der Waals surface area contributed by atoms with Crippen LogP contribution in [0.1, 0.15) is 0 Å². The van der Waals surface area contributed by atoms with Crippen LogP contribution in [0.4, 0.5) is 0 Å². The monoisotopic (exact) mass is 1370 g/mol. The van der Waals surface area contributed by atoms with Crippen molar-refractivity contribution in [3.8, 4) is 0 Å². The Balaban J connectivity index is 0.000000174. The number of hydrogen-bond acceptors (Lipinski definition) is 0. The van der Waals surface area contributed by atoms with E-state index in [2.05, 4.69) is 377 Å². The van der Waals surface area contributed by atoms with Crippen molar-refractivity contribution in [2.24, 2.45) is 0 Å². The molecule has 0 N–H and O–H groups in total. The summed E-state index contributed by atoms with van der Waals surface area (Å²) in [4.78, 5) is 0. The molecule has 0 aliphatic rings. The van der Waals surface area contributed by atoms with Gasteiger partial charge in [-0.05, 0) is 146 Å². The Morgan fingerprint density at radius 1 is 0.209 bits per heavy atom. The van der Waals surface area contributed by atoms with E-state index in [0.717, 1.165) is 0 Å². The van der Waals surface area contributed by atoms with E-state index in [9.17, 15) is 0 Å². The average Bonchev–Trinajstić information content (AvgIpc) is 4.17. The van der Waals surface area contributed by atoms with Crippen LogP contribution in [-0.4, -0.2) is 0 Å². The zero-order valence-corrected chi connectivity index (χ0v) is 55.3. The fourth-order valence-electron chi connectivity index (χ4n) is 9.58. The Morgan fingerprint density at radius 3 is 0.372 bits per heavy atom. The van der Waals surface area contributed by atoms with Crippen molar-refractivity contribution in [3.05, 3.63) is 414 Å². The van der Waals surface area contributed by atoms with E-state index >= 15 is 0 Å². The normalized spacial score (nSPS) is 9.95. The molecule has 0 radical (unpaired) electrons. The first kappa shape index (κ1) is 67.8. The zero-order chi connectivity index (χ0) is 57.9. The van der Waals surface area contributed by atoms with Gasteiger partial charge in [-0.2, -0.15) is 18.2 Å². The minimum atomic E-state index is -0.877. The van der Waals surface area contributed by atoms with Gasteiger partial charge < -0.3 is 0 Å². The largest absolute Gasteiger partial charge is 2.00 e. The maximum absolute atomic E-state index is 3.25. The number of benzene rings is 12. The molecule has 0 heterocycles. The predicted molar refractivity (Wildman–Crippen MR) is 384 cm³/mol.